The first-order valence-electron chi connectivity index (χ1n) is 6.84. The molecule has 2 aliphatic rings. The molecule has 7 nitrogen and oxygen atoms in total. The molecule has 0 saturated heterocycles. The molecule has 2 rings (SSSR count). The van der Waals surface area contributed by atoms with E-state index in [4.69, 9.17) is 0 Å². The summed E-state index contributed by atoms with van der Waals surface area (Å²) in [5, 5.41) is 17.1. The van der Waals surface area contributed by atoms with Crippen LogP contribution in [0.1, 0.15) is 44.9 Å². The molecule has 1 aliphatic carbocycles. The van der Waals surface area contributed by atoms with E-state index >= 15 is 0 Å². The van der Waals surface area contributed by atoms with E-state index in [9.17, 15) is 19.5 Å². The van der Waals surface area contributed by atoms with Gasteiger partial charge in [0.25, 0.3) is 5.91 Å². The minimum absolute atomic E-state index is 0.146. The van der Waals surface area contributed by atoms with Crippen molar-refractivity contribution < 1.29 is 19.5 Å². The molecule has 0 bridgehead atoms. The molecule has 0 atom stereocenters. The molecular formula is C13H19N3O4. The Morgan fingerprint density at radius 3 is 2.45 bits per heavy atom. The van der Waals surface area contributed by atoms with Gasteiger partial charge in [-0.05, 0) is 12.8 Å². The predicted octanol–water partition coefficient (Wildman–Crippen LogP) is 0.498. The van der Waals surface area contributed by atoms with Crippen molar-refractivity contribution in [1.82, 2.24) is 10.3 Å². The first-order chi connectivity index (χ1) is 9.44. The maximum absolute atomic E-state index is 12.2. The van der Waals surface area contributed by atoms with Gasteiger partial charge in [0.05, 0.1) is 0 Å². The fourth-order valence-corrected chi connectivity index (χ4v) is 2.67. The Labute approximate surface area is 117 Å². The van der Waals surface area contributed by atoms with E-state index in [-0.39, 0.29) is 24.5 Å². The average molecular weight is 281 g/mol. The van der Waals surface area contributed by atoms with E-state index in [0.29, 0.717) is 12.8 Å². The topological polar surface area (TPSA) is 99.1 Å². The molecule has 0 aromatic carbocycles. The summed E-state index contributed by atoms with van der Waals surface area (Å²) in [4.78, 5) is 35.0. The van der Waals surface area contributed by atoms with E-state index in [1.807, 2.05) is 0 Å². The van der Waals surface area contributed by atoms with Crippen LogP contribution in [-0.2, 0) is 14.4 Å². The molecule has 20 heavy (non-hydrogen) atoms. The zero-order valence-electron chi connectivity index (χ0n) is 11.5. The fourth-order valence-electron chi connectivity index (χ4n) is 2.67. The fraction of sp³-hybridized carbons (Fsp3) is 0.692. The van der Waals surface area contributed by atoms with E-state index in [1.54, 1.807) is 0 Å². The largest absolute Gasteiger partial charge is 0.480 e. The molecule has 2 N–H and O–H groups in total. The highest BCUT2D eigenvalue weighted by Crippen LogP contribution is 2.28. The smallest absolute Gasteiger partial charge is 0.329 e. The molecule has 7 heteroatoms. The molecule has 1 saturated carbocycles. The summed E-state index contributed by atoms with van der Waals surface area (Å²) in [7, 11) is 1.49. The summed E-state index contributed by atoms with van der Waals surface area (Å²) < 4.78 is 0. The minimum Gasteiger partial charge on any atom is -0.480 e. The van der Waals surface area contributed by atoms with Crippen molar-refractivity contribution in [1.29, 1.82) is 0 Å². The van der Waals surface area contributed by atoms with Gasteiger partial charge in [0.1, 0.15) is 11.3 Å². The van der Waals surface area contributed by atoms with Crippen molar-refractivity contribution in [3.63, 3.8) is 0 Å². The van der Waals surface area contributed by atoms with E-state index in [1.165, 1.54) is 7.05 Å². The normalized spacial score (nSPS) is 22.1. The van der Waals surface area contributed by atoms with Gasteiger partial charge in [0.15, 0.2) is 0 Å². The highest BCUT2D eigenvalue weighted by Gasteiger charge is 2.42. The number of hydrogen-bond donors (Lipinski definition) is 2. The van der Waals surface area contributed by atoms with Crippen molar-refractivity contribution in [3.05, 3.63) is 0 Å². The van der Waals surface area contributed by atoms with Crippen LogP contribution in [0.4, 0.5) is 0 Å². The van der Waals surface area contributed by atoms with Crippen molar-refractivity contribution in [3.8, 4) is 0 Å². The Morgan fingerprint density at radius 2 is 1.90 bits per heavy atom. The highest BCUT2D eigenvalue weighted by atomic mass is 16.4. The molecule has 2 amide bonds. The second-order valence-corrected chi connectivity index (χ2v) is 5.37. The molecule has 1 aliphatic heterocycles. The minimum atomic E-state index is -1.18. The van der Waals surface area contributed by atoms with E-state index < -0.39 is 17.4 Å². The Kier molecular flexibility index (Phi) is 4.06. The molecular weight excluding hydrogens is 262 g/mol. The standard InChI is InChI=1S/C13H19N3O4/c1-16-10(17)6-5-9(15-16)11(18)14-13(12(19)20)7-3-2-4-8-13/h2-8H2,1H3,(H,14,18)(H,19,20). The summed E-state index contributed by atoms with van der Waals surface area (Å²) in [6.07, 6.45) is 3.93. The molecule has 1 fully saturated rings. The number of carbonyl (C=O) groups excluding carboxylic acids is 2. The Bertz CT molecular complexity index is 466. The summed E-state index contributed by atoms with van der Waals surface area (Å²) in [6, 6.07) is 0. The van der Waals surface area contributed by atoms with Crippen LogP contribution in [0.2, 0.25) is 0 Å². The molecule has 110 valence electrons. The monoisotopic (exact) mass is 281 g/mol. The van der Waals surface area contributed by atoms with Gasteiger partial charge in [-0.25, -0.2) is 9.80 Å². The van der Waals surface area contributed by atoms with Crippen LogP contribution in [0.5, 0.6) is 0 Å². The quantitative estimate of drug-likeness (QED) is 0.786. The number of aliphatic carboxylic acids is 1. The van der Waals surface area contributed by atoms with Crippen molar-refractivity contribution in [2.75, 3.05) is 7.05 Å². The molecule has 0 aromatic heterocycles. The Balaban J connectivity index is 2.11. The van der Waals surface area contributed by atoms with Gasteiger partial charge in [-0.3, -0.25) is 9.59 Å². The summed E-state index contributed by atoms with van der Waals surface area (Å²) in [6.45, 7) is 0. The second kappa shape index (κ2) is 5.60. The Hall–Kier alpha value is -1.92. The van der Waals surface area contributed by atoms with Gasteiger partial charge in [0.2, 0.25) is 5.91 Å². The number of carboxylic acids is 1. The van der Waals surface area contributed by atoms with Gasteiger partial charge in [-0.1, -0.05) is 19.3 Å². The predicted molar refractivity (Wildman–Crippen MR) is 71.0 cm³/mol. The van der Waals surface area contributed by atoms with Crippen LogP contribution in [0, 0.1) is 0 Å². The first-order valence-corrected chi connectivity index (χ1v) is 6.84. The third-order valence-electron chi connectivity index (χ3n) is 3.94. The molecule has 0 unspecified atom stereocenters. The second-order valence-electron chi connectivity index (χ2n) is 5.37. The third kappa shape index (κ3) is 2.81. The number of hydrazone groups is 1. The molecule has 0 radical (unpaired) electrons. The number of nitrogens with one attached hydrogen (secondary N) is 1. The lowest BCUT2D eigenvalue weighted by molar-refractivity contribution is -0.148. The van der Waals surface area contributed by atoms with Gasteiger partial charge in [0, 0.05) is 19.9 Å². The number of amides is 2. The van der Waals surface area contributed by atoms with Crippen LogP contribution in [-0.4, -0.2) is 46.2 Å². The average Bonchev–Trinajstić information content (AvgIpc) is 2.42. The van der Waals surface area contributed by atoms with Crippen LogP contribution in [0.25, 0.3) is 0 Å². The van der Waals surface area contributed by atoms with Gasteiger partial charge < -0.3 is 10.4 Å². The van der Waals surface area contributed by atoms with Gasteiger partial charge in [-0.15, -0.1) is 0 Å². The van der Waals surface area contributed by atoms with Crippen molar-refractivity contribution >= 4 is 23.5 Å². The van der Waals surface area contributed by atoms with Gasteiger partial charge >= 0.3 is 5.97 Å². The third-order valence-corrected chi connectivity index (χ3v) is 3.94. The molecule has 0 spiro atoms. The Morgan fingerprint density at radius 1 is 1.25 bits per heavy atom. The SMILES string of the molecule is CN1N=C(C(=O)NC2(C(=O)O)CCCCC2)CCC1=O. The van der Waals surface area contributed by atoms with Crippen molar-refractivity contribution in [2.45, 2.75) is 50.5 Å². The van der Waals surface area contributed by atoms with Crippen LogP contribution >= 0.6 is 0 Å². The number of carboxylic acid groups (broad SMARTS) is 1. The number of rotatable bonds is 3. The first kappa shape index (κ1) is 14.5. The maximum Gasteiger partial charge on any atom is 0.329 e. The maximum atomic E-state index is 12.2. The number of hydrogen-bond acceptors (Lipinski definition) is 4. The lowest BCUT2D eigenvalue weighted by atomic mass is 9.81. The molecule has 1 heterocycles. The summed E-state index contributed by atoms with van der Waals surface area (Å²) >= 11 is 0. The number of nitrogens with zero attached hydrogens (tertiary/aromatic N) is 2. The van der Waals surface area contributed by atoms with Gasteiger partial charge in [-0.2, -0.15) is 5.10 Å². The van der Waals surface area contributed by atoms with E-state index in [2.05, 4.69) is 10.4 Å². The highest BCUT2D eigenvalue weighted by molar-refractivity contribution is 6.40. The zero-order valence-corrected chi connectivity index (χ0v) is 11.5. The van der Waals surface area contributed by atoms with Crippen LogP contribution in [0.15, 0.2) is 5.10 Å². The number of carbonyl (C=O) groups is 3. The van der Waals surface area contributed by atoms with Crippen LogP contribution < -0.4 is 5.32 Å². The molecule has 0 aromatic rings. The zero-order chi connectivity index (χ0) is 14.8. The van der Waals surface area contributed by atoms with Crippen LogP contribution in [0.3, 0.4) is 0 Å². The lowest BCUT2D eigenvalue weighted by Gasteiger charge is -2.34. The van der Waals surface area contributed by atoms with E-state index in [0.717, 1.165) is 24.3 Å². The summed E-state index contributed by atoms with van der Waals surface area (Å²) in [5.74, 6) is -1.62. The summed E-state index contributed by atoms with van der Waals surface area (Å²) in [5.41, 5.74) is -0.962. The lowest BCUT2D eigenvalue weighted by Crippen LogP contribution is -2.57. The van der Waals surface area contributed by atoms with Crippen molar-refractivity contribution in [2.24, 2.45) is 5.10 Å².